The third-order valence-electron chi connectivity index (χ3n) is 3.41. The first-order chi connectivity index (χ1) is 8.85. The van der Waals surface area contributed by atoms with Crippen molar-refractivity contribution in [3.63, 3.8) is 0 Å². The third-order valence-corrected chi connectivity index (χ3v) is 3.41. The van der Waals surface area contributed by atoms with E-state index >= 15 is 0 Å². The highest BCUT2D eigenvalue weighted by Gasteiger charge is 2.11. The van der Waals surface area contributed by atoms with Gasteiger partial charge in [-0.1, -0.05) is 30.3 Å². The number of hydrogen-bond acceptors (Lipinski definition) is 2. The van der Waals surface area contributed by atoms with Gasteiger partial charge in [-0.15, -0.1) is 0 Å². The summed E-state index contributed by atoms with van der Waals surface area (Å²) in [5, 5.41) is 0. The van der Waals surface area contributed by atoms with Crippen molar-refractivity contribution < 1.29 is 0 Å². The van der Waals surface area contributed by atoms with Gasteiger partial charge < -0.3 is 10.3 Å². The van der Waals surface area contributed by atoms with Crippen molar-refractivity contribution >= 4 is 0 Å². The maximum Gasteiger partial charge on any atom is 0.108 e. The van der Waals surface area contributed by atoms with Crippen molar-refractivity contribution in [3.05, 3.63) is 54.1 Å². The van der Waals surface area contributed by atoms with Crippen LogP contribution in [0.4, 0.5) is 0 Å². The molecule has 0 aliphatic carbocycles. The normalized spacial score (nSPS) is 12.6. The van der Waals surface area contributed by atoms with Crippen LogP contribution >= 0.6 is 0 Å². The molecule has 3 nitrogen and oxygen atoms in total. The van der Waals surface area contributed by atoms with Crippen LogP contribution in [0, 0.1) is 0 Å². The predicted octanol–water partition coefficient (Wildman–Crippen LogP) is 2.58. The van der Waals surface area contributed by atoms with E-state index in [2.05, 4.69) is 40.7 Å². The van der Waals surface area contributed by atoms with Crippen molar-refractivity contribution in [2.75, 3.05) is 6.54 Å². The molecule has 1 heterocycles. The second-order valence-corrected chi connectivity index (χ2v) is 4.51. The highest BCUT2D eigenvalue weighted by molar-refractivity contribution is 5.20. The lowest BCUT2D eigenvalue weighted by atomic mass is 9.94. The molecule has 1 atom stereocenters. The minimum Gasteiger partial charge on any atom is -0.335 e. The van der Waals surface area contributed by atoms with Crippen LogP contribution in [0.2, 0.25) is 0 Å². The molecule has 1 unspecified atom stereocenters. The molecule has 1 aromatic carbocycles. The van der Waals surface area contributed by atoms with Crippen molar-refractivity contribution in [3.8, 4) is 0 Å². The van der Waals surface area contributed by atoms with Crippen molar-refractivity contribution in [1.29, 1.82) is 0 Å². The summed E-state index contributed by atoms with van der Waals surface area (Å²) in [6, 6.07) is 10.5. The molecule has 0 spiro atoms. The standard InChI is InChI=1S/C15H21N3/c1-2-18-11-10-17-15(18)9-8-14(12-16)13-6-4-3-5-7-13/h3-7,10-11,14H,2,8-9,12,16H2,1H3. The summed E-state index contributed by atoms with van der Waals surface area (Å²) in [6.45, 7) is 3.81. The zero-order valence-electron chi connectivity index (χ0n) is 10.9. The lowest BCUT2D eigenvalue weighted by molar-refractivity contribution is 0.595. The van der Waals surface area contributed by atoms with E-state index in [4.69, 9.17) is 5.73 Å². The molecule has 0 fully saturated rings. The van der Waals surface area contributed by atoms with Crippen LogP contribution in [0.15, 0.2) is 42.7 Å². The van der Waals surface area contributed by atoms with Gasteiger partial charge in [0.1, 0.15) is 5.82 Å². The number of benzene rings is 1. The number of imidazole rings is 1. The smallest absolute Gasteiger partial charge is 0.108 e. The molecular formula is C15H21N3. The van der Waals surface area contributed by atoms with Gasteiger partial charge in [0.2, 0.25) is 0 Å². The SMILES string of the molecule is CCn1ccnc1CCC(CN)c1ccccc1. The fraction of sp³-hybridized carbons (Fsp3) is 0.400. The number of nitrogens with zero attached hydrogens (tertiary/aromatic N) is 2. The van der Waals surface area contributed by atoms with Gasteiger partial charge in [-0.3, -0.25) is 0 Å². The highest BCUT2D eigenvalue weighted by atomic mass is 15.0. The van der Waals surface area contributed by atoms with E-state index in [0.717, 1.165) is 25.2 Å². The largest absolute Gasteiger partial charge is 0.335 e. The minimum absolute atomic E-state index is 0.424. The summed E-state index contributed by atoms with van der Waals surface area (Å²) in [6.07, 6.45) is 5.95. The molecule has 0 aliphatic rings. The average Bonchev–Trinajstić information content (AvgIpc) is 2.88. The molecule has 0 radical (unpaired) electrons. The molecule has 18 heavy (non-hydrogen) atoms. The Morgan fingerprint density at radius 2 is 2.06 bits per heavy atom. The molecule has 96 valence electrons. The minimum atomic E-state index is 0.424. The molecule has 0 amide bonds. The Balaban J connectivity index is 2.00. The van der Waals surface area contributed by atoms with Crippen molar-refractivity contribution in [1.82, 2.24) is 9.55 Å². The Labute approximate surface area is 109 Å². The number of rotatable bonds is 6. The summed E-state index contributed by atoms with van der Waals surface area (Å²) in [5.74, 6) is 1.58. The Morgan fingerprint density at radius 3 is 2.72 bits per heavy atom. The molecule has 0 saturated heterocycles. The van der Waals surface area contributed by atoms with Crippen LogP contribution in [0.1, 0.15) is 30.7 Å². The zero-order valence-corrected chi connectivity index (χ0v) is 10.9. The summed E-state index contributed by atoms with van der Waals surface area (Å²) in [7, 11) is 0. The van der Waals surface area contributed by atoms with Gasteiger partial charge in [0.15, 0.2) is 0 Å². The molecule has 0 aliphatic heterocycles. The van der Waals surface area contributed by atoms with Gasteiger partial charge in [-0.2, -0.15) is 0 Å². The Morgan fingerprint density at radius 1 is 1.28 bits per heavy atom. The summed E-state index contributed by atoms with van der Waals surface area (Å²) in [4.78, 5) is 4.41. The molecule has 3 heteroatoms. The van der Waals surface area contributed by atoms with E-state index in [-0.39, 0.29) is 0 Å². The van der Waals surface area contributed by atoms with E-state index in [1.54, 1.807) is 0 Å². The topological polar surface area (TPSA) is 43.8 Å². The number of aromatic nitrogens is 2. The molecule has 2 rings (SSSR count). The first kappa shape index (κ1) is 12.8. The molecule has 2 N–H and O–H groups in total. The highest BCUT2D eigenvalue weighted by Crippen LogP contribution is 2.20. The van der Waals surface area contributed by atoms with Gasteiger partial charge in [0, 0.05) is 25.4 Å². The van der Waals surface area contributed by atoms with Crippen LogP contribution in [-0.4, -0.2) is 16.1 Å². The van der Waals surface area contributed by atoms with Crippen LogP contribution < -0.4 is 5.73 Å². The van der Waals surface area contributed by atoms with Gasteiger partial charge >= 0.3 is 0 Å². The molecule has 0 saturated carbocycles. The maximum absolute atomic E-state index is 5.89. The van der Waals surface area contributed by atoms with E-state index in [1.165, 1.54) is 5.56 Å². The quantitative estimate of drug-likeness (QED) is 0.847. The van der Waals surface area contributed by atoms with Gasteiger partial charge in [0.05, 0.1) is 0 Å². The van der Waals surface area contributed by atoms with E-state index in [9.17, 15) is 0 Å². The molecule has 2 aromatic rings. The monoisotopic (exact) mass is 243 g/mol. The predicted molar refractivity (Wildman–Crippen MR) is 74.5 cm³/mol. The lowest BCUT2D eigenvalue weighted by Crippen LogP contribution is -2.14. The Hall–Kier alpha value is -1.61. The summed E-state index contributed by atoms with van der Waals surface area (Å²) in [5.41, 5.74) is 7.22. The van der Waals surface area contributed by atoms with Gasteiger partial charge in [-0.25, -0.2) is 4.98 Å². The van der Waals surface area contributed by atoms with Gasteiger partial charge in [0.25, 0.3) is 0 Å². The lowest BCUT2D eigenvalue weighted by Gasteiger charge is -2.15. The first-order valence-electron chi connectivity index (χ1n) is 6.60. The molecule has 1 aromatic heterocycles. The second kappa shape index (κ2) is 6.36. The summed E-state index contributed by atoms with van der Waals surface area (Å²) >= 11 is 0. The van der Waals surface area contributed by atoms with E-state index in [0.29, 0.717) is 12.5 Å². The number of nitrogens with two attached hydrogens (primary N) is 1. The average molecular weight is 243 g/mol. The fourth-order valence-electron chi connectivity index (χ4n) is 2.31. The fourth-order valence-corrected chi connectivity index (χ4v) is 2.31. The van der Waals surface area contributed by atoms with E-state index < -0.39 is 0 Å². The van der Waals surface area contributed by atoms with Crippen molar-refractivity contribution in [2.45, 2.75) is 32.2 Å². The van der Waals surface area contributed by atoms with Crippen LogP contribution in [0.3, 0.4) is 0 Å². The van der Waals surface area contributed by atoms with E-state index in [1.807, 2.05) is 18.5 Å². The zero-order chi connectivity index (χ0) is 12.8. The van der Waals surface area contributed by atoms with Crippen LogP contribution in [-0.2, 0) is 13.0 Å². The van der Waals surface area contributed by atoms with Crippen LogP contribution in [0.5, 0.6) is 0 Å². The maximum atomic E-state index is 5.89. The van der Waals surface area contributed by atoms with Crippen molar-refractivity contribution in [2.24, 2.45) is 5.73 Å². The second-order valence-electron chi connectivity index (χ2n) is 4.51. The summed E-state index contributed by atoms with van der Waals surface area (Å²) < 4.78 is 2.19. The molecule has 0 bridgehead atoms. The first-order valence-corrected chi connectivity index (χ1v) is 6.60. The Bertz CT molecular complexity index is 462. The van der Waals surface area contributed by atoms with Crippen LogP contribution in [0.25, 0.3) is 0 Å². The molecular weight excluding hydrogens is 222 g/mol. The number of hydrogen-bond donors (Lipinski definition) is 1. The van der Waals surface area contributed by atoms with Gasteiger partial charge in [-0.05, 0) is 31.4 Å². The number of aryl methyl sites for hydroxylation is 2. The Kier molecular flexibility index (Phi) is 4.53. The third kappa shape index (κ3) is 2.99.